The lowest BCUT2D eigenvalue weighted by Gasteiger charge is -2.13. The largest absolute Gasteiger partial charge is 0.492 e. The number of halogens is 1. The Morgan fingerprint density at radius 2 is 1.76 bits per heavy atom. The van der Waals surface area contributed by atoms with Gasteiger partial charge >= 0.3 is 0 Å². The van der Waals surface area contributed by atoms with Crippen LogP contribution >= 0.6 is 15.9 Å². The zero-order valence-corrected chi connectivity index (χ0v) is 16.0. The van der Waals surface area contributed by atoms with Crippen LogP contribution in [0.5, 0.6) is 5.75 Å². The first kappa shape index (κ1) is 19.0. The summed E-state index contributed by atoms with van der Waals surface area (Å²) in [5, 5.41) is 0. The van der Waals surface area contributed by atoms with Gasteiger partial charge in [0.05, 0.1) is 12.2 Å². The van der Waals surface area contributed by atoms with Gasteiger partial charge in [0.2, 0.25) is 0 Å². The van der Waals surface area contributed by atoms with Crippen LogP contribution in [0.4, 0.5) is 0 Å². The highest BCUT2D eigenvalue weighted by Gasteiger charge is 2.14. The van der Waals surface area contributed by atoms with Crippen molar-refractivity contribution >= 4 is 27.7 Å². The van der Waals surface area contributed by atoms with Gasteiger partial charge in [-0.05, 0) is 42.7 Å². The van der Waals surface area contributed by atoms with Crippen molar-refractivity contribution in [2.75, 3.05) is 6.61 Å². The minimum Gasteiger partial charge on any atom is -0.492 e. The predicted molar refractivity (Wildman–Crippen MR) is 101 cm³/mol. The first-order valence-corrected chi connectivity index (χ1v) is 8.76. The zero-order valence-electron chi connectivity index (χ0n) is 14.4. The smallest absolute Gasteiger partial charge is 0.273 e. The monoisotopic (exact) mass is 404 g/mol. The van der Waals surface area contributed by atoms with Crippen LogP contribution in [0.2, 0.25) is 0 Å². The van der Waals surface area contributed by atoms with Gasteiger partial charge in [0.1, 0.15) is 5.75 Å². The Morgan fingerprint density at radius 3 is 2.44 bits per heavy atom. The lowest BCUT2D eigenvalue weighted by Crippen LogP contribution is -2.41. The molecule has 6 heteroatoms. The molecule has 0 atom stereocenters. The zero-order chi connectivity index (χ0) is 18.4. The van der Waals surface area contributed by atoms with Gasteiger partial charge in [-0.2, -0.15) is 0 Å². The third kappa shape index (κ3) is 5.32. The molecule has 0 bridgehead atoms. The maximum atomic E-state index is 12.4. The lowest BCUT2D eigenvalue weighted by molar-refractivity contribution is 0.0844. The van der Waals surface area contributed by atoms with Gasteiger partial charge in [0, 0.05) is 10.0 Å². The molecule has 0 saturated heterocycles. The van der Waals surface area contributed by atoms with E-state index in [4.69, 9.17) is 4.74 Å². The number of para-hydroxylation sites is 1. The maximum absolute atomic E-state index is 12.4. The molecule has 2 amide bonds. The molecule has 0 saturated carbocycles. The van der Waals surface area contributed by atoms with Crippen molar-refractivity contribution < 1.29 is 14.3 Å². The first-order chi connectivity index (χ1) is 11.9. The number of carbonyl (C=O) groups excluding carboxylic acids is 2. The van der Waals surface area contributed by atoms with E-state index in [-0.39, 0.29) is 0 Å². The van der Waals surface area contributed by atoms with Crippen molar-refractivity contribution in [3.8, 4) is 5.75 Å². The van der Waals surface area contributed by atoms with Gasteiger partial charge < -0.3 is 4.74 Å². The fourth-order valence-electron chi connectivity index (χ4n) is 2.02. The standard InChI is InChI=1S/C19H21BrN2O3/c1-12(2)11-25-17-7-5-4-6-15(17)19(24)22-21-18(23)14-9-8-13(3)16(20)10-14/h4-10,12H,11H2,1-3H3,(H,21,23)(H,22,24). The lowest BCUT2D eigenvalue weighted by atomic mass is 10.1. The van der Waals surface area contributed by atoms with Gasteiger partial charge in [0.15, 0.2) is 0 Å². The van der Waals surface area contributed by atoms with Gasteiger partial charge in [0.25, 0.3) is 11.8 Å². The third-order valence-electron chi connectivity index (χ3n) is 3.43. The highest BCUT2D eigenvalue weighted by atomic mass is 79.9. The van der Waals surface area contributed by atoms with E-state index in [1.54, 1.807) is 36.4 Å². The van der Waals surface area contributed by atoms with Crippen molar-refractivity contribution in [1.29, 1.82) is 0 Å². The number of hydrogen-bond acceptors (Lipinski definition) is 3. The molecule has 132 valence electrons. The van der Waals surface area contributed by atoms with Crippen LogP contribution in [0.15, 0.2) is 46.9 Å². The molecule has 0 aliphatic heterocycles. The number of rotatable bonds is 5. The molecule has 2 N–H and O–H groups in total. The number of hydrogen-bond donors (Lipinski definition) is 2. The SMILES string of the molecule is Cc1ccc(C(=O)NNC(=O)c2ccccc2OCC(C)C)cc1Br. The van der Waals surface area contributed by atoms with Crippen LogP contribution in [0, 0.1) is 12.8 Å². The molecule has 0 fully saturated rings. The maximum Gasteiger partial charge on any atom is 0.273 e. The van der Waals surface area contributed by atoms with Crippen molar-refractivity contribution in [3.05, 3.63) is 63.6 Å². The third-order valence-corrected chi connectivity index (χ3v) is 4.28. The molecular weight excluding hydrogens is 384 g/mol. The van der Waals surface area contributed by atoms with Crippen LogP contribution < -0.4 is 15.6 Å². The van der Waals surface area contributed by atoms with E-state index in [0.29, 0.717) is 29.4 Å². The molecule has 0 aliphatic carbocycles. The predicted octanol–water partition coefficient (Wildman–Crippen LogP) is 3.87. The number of nitrogens with one attached hydrogen (secondary N) is 2. The van der Waals surface area contributed by atoms with Crippen LogP contribution in [-0.4, -0.2) is 18.4 Å². The summed E-state index contributed by atoms with van der Waals surface area (Å²) in [6.07, 6.45) is 0. The highest BCUT2D eigenvalue weighted by Crippen LogP contribution is 2.19. The van der Waals surface area contributed by atoms with Crippen molar-refractivity contribution in [3.63, 3.8) is 0 Å². The Morgan fingerprint density at radius 1 is 1.08 bits per heavy atom. The average molecular weight is 405 g/mol. The number of ether oxygens (including phenoxy) is 1. The van der Waals surface area contributed by atoms with Crippen LogP contribution in [-0.2, 0) is 0 Å². The second-order valence-electron chi connectivity index (χ2n) is 6.07. The molecule has 5 nitrogen and oxygen atoms in total. The summed E-state index contributed by atoms with van der Waals surface area (Å²) in [6.45, 7) is 6.50. The van der Waals surface area contributed by atoms with E-state index in [1.165, 1.54) is 0 Å². The van der Waals surface area contributed by atoms with E-state index in [0.717, 1.165) is 10.0 Å². The summed E-state index contributed by atoms with van der Waals surface area (Å²) in [6, 6.07) is 12.2. The second-order valence-corrected chi connectivity index (χ2v) is 6.93. The summed E-state index contributed by atoms with van der Waals surface area (Å²) in [5.74, 6) is 0.00495. The molecule has 0 unspecified atom stereocenters. The van der Waals surface area contributed by atoms with Crippen LogP contribution in [0.1, 0.15) is 40.1 Å². The summed E-state index contributed by atoms with van der Waals surface area (Å²) in [7, 11) is 0. The number of amides is 2. The molecule has 0 aromatic heterocycles. The van der Waals surface area contributed by atoms with Crippen LogP contribution in [0.25, 0.3) is 0 Å². The number of aryl methyl sites for hydroxylation is 1. The normalized spacial score (nSPS) is 10.4. The minimum atomic E-state index is -0.432. The molecule has 0 radical (unpaired) electrons. The molecule has 2 rings (SSSR count). The first-order valence-electron chi connectivity index (χ1n) is 7.97. The van der Waals surface area contributed by atoms with E-state index in [9.17, 15) is 9.59 Å². The molecule has 0 aliphatic rings. The van der Waals surface area contributed by atoms with Gasteiger partial charge in [-0.3, -0.25) is 20.4 Å². The molecular formula is C19H21BrN2O3. The number of benzene rings is 2. The topological polar surface area (TPSA) is 67.4 Å². The molecule has 2 aromatic carbocycles. The summed E-state index contributed by atoms with van der Waals surface area (Å²) >= 11 is 3.39. The highest BCUT2D eigenvalue weighted by molar-refractivity contribution is 9.10. The summed E-state index contributed by atoms with van der Waals surface area (Å²) in [5.41, 5.74) is 6.69. The Bertz CT molecular complexity index is 775. The van der Waals surface area contributed by atoms with E-state index in [1.807, 2.05) is 26.8 Å². The van der Waals surface area contributed by atoms with Crippen LogP contribution in [0.3, 0.4) is 0 Å². The second kappa shape index (κ2) is 8.67. The number of carbonyl (C=O) groups is 2. The van der Waals surface area contributed by atoms with E-state index in [2.05, 4.69) is 26.8 Å². The minimum absolute atomic E-state index is 0.343. The Balaban J connectivity index is 2.02. The van der Waals surface area contributed by atoms with Gasteiger partial charge in [-0.1, -0.05) is 48.0 Å². The molecule has 25 heavy (non-hydrogen) atoms. The Hall–Kier alpha value is -2.34. The quantitative estimate of drug-likeness (QED) is 0.743. The van der Waals surface area contributed by atoms with Crippen molar-refractivity contribution in [2.24, 2.45) is 5.92 Å². The number of hydrazine groups is 1. The van der Waals surface area contributed by atoms with E-state index < -0.39 is 11.8 Å². The molecule has 0 heterocycles. The molecule has 2 aromatic rings. The van der Waals surface area contributed by atoms with Crippen molar-refractivity contribution in [2.45, 2.75) is 20.8 Å². The summed E-state index contributed by atoms with van der Waals surface area (Å²) in [4.78, 5) is 24.5. The average Bonchev–Trinajstić information content (AvgIpc) is 2.60. The Kier molecular flexibility index (Phi) is 6.58. The van der Waals surface area contributed by atoms with Crippen molar-refractivity contribution in [1.82, 2.24) is 10.9 Å². The fourth-order valence-corrected chi connectivity index (χ4v) is 2.40. The van der Waals surface area contributed by atoms with Gasteiger partial charge in [-0.25, -0.2) is 0 Å². The summed E-state index contributed by atoms with van der Waals surface area (Å²) < 4.78 is 6.49. The Labute approximate surface area is 155 Å². The molecule has 0 spiro atoms. The fraction of sp³-hybridized carbons (Fsp3) is 0.263. The van der Waals surface area contributed by atoms with Gasteiger partial charge in [-0.15, -0.1) is 0 Å². The van der Waals surface area contributed by atoms with E-state index >= 15 is 0 Å².